The summed E-state index contributed by atoms with van der Waals surface area (Å²) in [5, 5.41) is 3.36. The Kier molecular flexibility index (Phi) is 5.30. The number of carbonyl (C=O) groups is 1. The van der Waals surface area contributed by atoms with E-state index in [4.69, 9.17) is 9.40 Å². The van der Waals surface area contributed by atoms with Gasteiger partial charge in [0.15, 0.2) is 0 Å². The van der Waals surface area contributed by atoms with Crippen molar-refractivity contribution in [3.8, 4) is 11.3 Å². The molecule has 2 aliphatic heterocycles. The van der Waals surface area contributed by atoms with E-state index in [1.165, 1.54) is 0 Å². The summed E-state index contributed by atoms with van der Waals surface area (Å²) >= 11 is 0. The summed E-state index contributed by atoms with van der Waals surface area (Å²) in [5.74, 6) is 2.21. The van der Waals surface area contributed by atoms with Gasteiger partial charge in [-0.15, -0.1) is 0 Å². The predicted molar refractivity (Wildman–Crippen MR) is 105 cm³/mol. The predicted octanol–water partition coefficient (Wildman–Crippen LogP) is 4.13. The van der Waals surface area contributed by atoms with Crippen LogP contribution < -0.4 is 5.32 Å². The first-order chi connectivity index (χ1) is 13.1. The minimum absolute atomic E-state index is 0.0330. The molecule has 2 aromatic rings. The Morgan fingerprint density at radius 1 is 1.22 bits per heavy atom. The maximum atomic E-state index is 13.1. The Labute approximate surface area is 161 Å². The highest BCUT2D eigenvalue weighted by Crippen LogP contribution is 2.38. The molecule has 144 valence electrons. The summed E-state index contributed by atoms with van der Waals surface area (Å²) in [7, 11) is 0. The van der Waals surface area contributed by atoms with Crippen LogP contribution in [-0.2, 0) is 4.79 Å². The van der Waals surface area contributed by atoms with Crippen molar-refractivity contribution in [1.29, 1.82) is 0 Å². The van der Waals surface area contributed by atoms with Crippen molar-refractivity contribution in [2.24, 2.45) is 5.92 Å². The van der Waals surface area contributed by atoms with E-state index in [9.17, 15) is 4.79 Å². The van der Waals surface area contributed by atoms with Crippen LogP contribution in [-0.4, -0.2) is 35.4 Å². The average Bonchev–Trinajstić information content (AvgIpc) is 3.36. The van der Waals surface area contributed by atoms with E-state index < -0.39 is 0 Å². The molecule has 0 radical (unpaired) electrons. The molecule has 5 nitrogen and oxygen atoms in total. The average molecular weight is 367 g/mol. The smallest absolute Gasteiger partial charge is 0.227 e. The first kappa shape index (κ1) is 18.2. The molecule has 0 bridgehead atoms. The highest BCUT2D eigenvalue weighted by atomic mass is 16.4. The first-order valence-electron chi connectivity index (χ1n) is 10.2. The van der Waals surface area contributed by atoms with Crippen molar-refractivity contribution < 1.29 is 9.21 Å². The number of hydrogen-bond donors (Lipinski definition) is 1. The van der Waals surface area contributed by atoms with Gasteiger partial charge in [0.1, 0.15) is 17.5 Å². The second kappa shape index (κ2) is 7.85. The molecule has 2 atom stereocenters. The summed E-state index contributed by atoms with van der Waals surface area (Å²) in [6.07, 6.45) is 3.99. The van der Waals surface area contributed by atoms with E-state index in [2.05, 4.69) is 31.3 Å². The molecule has 2 unspecified atom stereocenters. The molecular weight excluding hydrogens is 338 g/mol. The lowest BCUT2D eigenvalue weighted by Gasteiger charge is -2.29. The Bertz CT molecular complexity index is 778. The highest BCUT2D eigenvalue weighted by molar-refractivity contribution is 5.80. The van der Waals surface area contributed by atoms with Gasteiger partial charge in [0, 0.05) is 24.6 Å². The number of benzene rings is 1. The summed E-state index contributed by atoms with van der Waals surface area (Å²) < 4.78 is 6.26. The van der Waals surface area contributed by atoms with Crippen molar-refractivity contribution >= 4 is 5.91 Å². The topological polar surface area (TPSA) is 58.4 Å². The van der Waals surface area contributed by atoms with Crippen LogP contribution >= 0.6 is 0 Å². The van der Waals surface area contributed by atoms with Crippen LogP contribution in [0.15, 0.2) is 34.7 Å². The SMILES string of the molecule is CC(C)c1oc(C2CCCN2C(=O)C2CCCNC2)nc1-c1ccccc1. The molecule has 1 amide bonds. The molecule has 1 N–H and O–H groups in total. The van der Waals surface area contributed by atoms with Crippen LogP contribution in [0.25, 0.3) is 11.3 Å². The van der Waals surface area contributed by atoms with Gasteiger partial charge in [0.05, 0.1) is 5.92 Å². The lowest BCUT2D eigenvalue weighted by Crippen LogP contribution is -2.42. The molecule has 2 fully saturated rings. The van der Waals surface area contributed by atoms with Gasteiger partial charge in [-0.05, 0) is 32.2 Å². The molecule has 27 heavy (non-hydrogen) atoms. The van der Waals surface area contributed by atoms with Crippen LogP contribution in [0.1, 0.15) is 63.1 Å². The summed E-state index contributed by atoms with van der Waals surface area (Å²) in [4.78, 5) is 20.0. The molecule has 4 rings (SSSR count). The molecule has 2 saturated heterocycles. The number of carbonyl (C=O) groups excluding carboxylic acids is 1. The quantitative estimate of drug-likeness (QED) is 0.883. The minimum Gasteiger partial charge on any atom is -0.442 e. The third kappa shape index (κ3) is 3.65. The zero-order chi connectivity index (χ0) is 18.8. The number of oxazole rings is 1. The monoisotopic (exact) mass is 367 g/mol. The third-order valence-electron chi connectivity index (χ3n) is 5.71. The number of likely N-dealkylation sites (tertiary alicyclic amines) is 1. The van der Waals surface area contributed by atoms with E-state index in [-0.39, 0.29) is 23.8 Å². The molecule has 0 spiro atoms. The maximum Gasteiger partial charge on any atom is 0.227 e. The molecule has 1 aromatic carbocycles. The molecule has 0 aliphatic carbocycles. The van der Waals surface area contributed by atoms with Gasteiger partial charge in [0.2, 0.25) is 11.8 Å². The lowest BCUT2D eigenvalue weighted by molar-refractivity contribution is -0.137. The van der Waals surface area contributed by atoms with E-state index in [0.29, 0.717) is 5.89 Å². The molecular formula is C22H29N3O2. The maximum absolute atomic E-state index is 13.1. The number of nitrogens with zero attached hydrogens (tertiary/aromatic N) is 2. The number of nitrogens with one attached hydrogen (secondary N) is 1. The van der Waals surface area contributed by atoms with Crippen LogP contribution in [0.3, 0.4) is 0 Å². The number of hydrogen-bond acceptors (Lipinski definition) is 4. The van der Waals surface area contributed by atoms with Gasteiger partial charge < -0.3 is 14.6 Å². The fraction of sp³-hybridized carbons (Fsp3) is 0.545. The van der Waals surface area contributed by atoms with Crippen molar-refractivity contribution in [3.63, 3.8) is 0 Å². The number of aromatic nitrogens is 1. The fourth-order valence-corrected chi connectivity index (χ4v) is 4.27. The first-order valence-corrected chi connectivity index (χ1v) is 10.2. The summed E-state index contributed by atoms with van der Waals surface area (Å²) in [6.45, 7) is 6.87. The van der Waals surface area contributed by atoms with Crippen molar-refractivity contribution in [2.75, 3.05) is 19.6 Å². The summed E-state index contributed by atoms with van der Waals surface area (Å²) in [5.41, 5.74) is 1.99. The molecule has 3 heterocycles. The zero-order valence-corrected chi connectivity index (χ0v) is 16.3. The Morgan fingerprint density at radius 3 is 2.74 bits per heavy atom. The van der Waals surface area contributed by atoms with Crippen LogP contribution in [0.5, 0.6) is 0 Å². The molecule has 5 heteroatoms. The molecule has 0 saturated carbocycles. The van der Waals surface area contributed by atoms with E-state index >= 15 is 0 Å². The van der Waals surface area contributed by atoms with Crippen molar-refractivity contribution in [3.05, 3.63) is 42.0 Å². The zero-order valence-electron chi connectivity index (χ0n) is 16.3. The molecule has 1 aromatic heterocycles. The number of amides is 1. The Hall–Kier alpha value is -2.14. The number of piperidine rings is 1. The van der Waals surface area contributed by atoms with E-state index in [1.807, 2.05) is 23.1 Å². The van der Waals surface area contributed by atoms with Gasteiger partial charge in [-0.1, -0.05) is 44.2 Å². The van der Waals surface area contributed by atoms with Crippen LogP contribution in [0, 0.1) is 5.92 Å². The lowest BCUT2D eigenvalue weighted by atomic mass is 9.98. The third-order valence-corrected chi connectivity index (χ3v) is 5.71. The Balaban J connectivity index is 1.63. The van der Waals surface area contributed by atoms with Gasteiger partial charge in [-0.3, -0.25) is 4.79 Å². The van der Waals surface area contributed by atoms with E-state index in [0.717, 1.165) is 62.3 Å². The standard InChI is InChI=1S/C22H29N3O2/c1-15(2)20-19(16-8-4-3-5-9-16)24-21(27-20)18-11-7-13-25(18)22(26)17-10-6-12-23-14-17/h3-5,8-9,15,17-18,23H,6-7,10-14H2,1-2H3. The van der Waals surface area contributed by atoms with Crippen LogP contribution in [0.4, 0.5) is 0 Å². The largest absolute Gasteiger partial charge is 0.442 e. The normalized spacial score (nSPS) is 23.1. The Morgan fingerprint density at radius 2 is 2.04 bits per heavy atom. The highest BCUT2D eigenvalue weighted by Gasteiger charge is 2.37. The number of rotatable bonds is 4. The second-order valence-electron chi connectivity index (χ2n) is 8.02. The molecule has 2 aliphatic rings. The van der Waals surface area contributed by atoms with Gasteiger partial charge in [-0.2, -0.15) is 0 Å². The van der Waals surface area contributed by atoms with Crippen molar-refractivity contribution in [2.45, 2.75) is 51.5 Å². The van der Waals surface area contributed by atoms with E-state index in [1.54, 1.807) is 0 Å². The van der Waals surface area contributed by atoms with Gasteiger partial charge in [0.25, 0.3) is 0 Å². The van der Waals surface area contributed by atoms with Gasteiger partial charge in [-0.25, -0.2) is 4.98 Å². The minimum atomic E-state index is -0.0330. The van der Waals surface area contributed by atoms with Crippen molar-refractivity contribution in [1.82, 2.24) is 15.2 Å². The fourth-order valence-electron chi connectivity index (χ4n) is 4.27. The second-order valence-corrected chi connectivity index (χ2v) is 8.02. The summed E-state index contributed by atoms with van der Waals surface area (Å²) in [6, 6.07) is 10.2. The van der Waals surface area contributed by atoms with Gasteiger partial charge >= 0.3 is 0 Å². The van der Waals surface area contributed by atoms with Crippen LogP contribution in [0.2, 0.25) is 0 Å².